The Morgan fingerprint density at radius 2 is 2.15 bits per heavy atom. The van der Waals surface area contributed by atoms with Gasteiger partial charge in [0.2, 0.25) is 5.95 Å². The van der Waals surface area contributed by atoms with Crippen LogP contribution in [0.1, 0.15) is 6.92 Å². The van der Waals surface area contributed by atoms with Gasteiger partial charge in [-0.1, -0.05) is 17.7 Å². The van der Waals surface area contributed by atoms with Crippen LogP contribution in [-0.4, -0.2) is 21.4 Å². The number of nitrogens with zero attached hydrogens (tertiary/aromatic N) is 3. The molecule has 0 aliphatic heterocycles. The van der Waals surface area contributed by atoms with Crippen molar-refractivity contribution in [2.45, 2.75) is 6.92 Å². The molecular weight excluding hydrogens is 282 g/mol. The third kappa shape index (κ3) is 3.55. The average Bonchev–Trinajstić information content (AvgIpc) is 2.38. The molecule has 2 N–H and O–H groups in total. The molecule has 1 heterocycles. The Balaban J connectivity index is 2.25. The second-order valence-corrected chi connectivity index (χ2v) is 4.25. The third-order valence-electron chi connectivity index (χ3n) is 2.37. The highest BCUT2D eigenvalue weighted by atomic mass is 35.5. The van der Waals surface area contributed by atoms with E-state index in [2.05, 4.69) is 20.6 Å². The Bertz CT molecular complexity index is 635. The van der Waals surface area contributed by atoms with Crippen molar-refractivity contribution >= 4 is 34.7 Å². The maximum Gasteiger partial charge on any atom is 0.271 e. The van der Waals surface area contributed by atoms with Crippen LogP contribution in [0.25, 0.3) is 0 Å². The Morgan fingerprint density at radius 1 is 1.35 bits per heavy atom. The van der Waals surface area contributed by atoms with Crippen LogP contribution in [0, 0.1) is 10.1 Å². The molecule has 0 fully saturated rings. The van der Waals surface area contributed by atoms with E-state index in [0.717, 1.165) is 0 Å². The highest BCUT2D eigenvalue weighted by Crippen LogP contribution is 2.21. The smallest absolute Gasteiger partial charge is 0.271 e. The van der Waals surface area contributed by atoms with Crippen LogP contribution < -0.4 is 10.6 Å². The van der Waals surface area contributed by atoms with E-state index in [1.54, 1.807) is 18.2 Å². The van der Waals surface area contributed by atoms with Crippen LogP contribution >= 0.6 is 11.6 Å². The minimum atomic E-state index is -0.464. The van der Waals surface area contributed by atoms with E-state index in [0.29, 0.717) is 18.1 Å². The summed E-state index contributed by atoms with van der Waals surface area (Å²) in [7, 11) is 0. The van der Waals surface area contributed by atoms with E-state index in [1.807, 2.05) is 6.92 Å². The van der Waals surface area contributed by atoms with E-state index in [-0.39, 0.29) is 16.8 Å². The number of rotatable bonds is 5. The van der Waals surface area contributed by atoms with E-state index >= 15 is 0 Å². The highest BCUT2D eigenvalue weighted by Gasteiger charge is 2.08. The number of halogens is 1. The van der Waals surface area contributed by atoms with Gasteiger partial charge in [0.05, 0.1) is 4.92 Å². The monoisotopic (exact) mass is 293 g/mol. The normalized spacial score (nSPS) is 10.1. The lowest BCUT2D eigenvalue weighted by molar-refractivity contribution is -0.384. The summed E-state index contributed by atoms with van der Waals surface area (Å²) < 4.78 is 0. The number of nitrogens with one attached hydrogen (secondary N) is 2. The first kappa shape index (κ1) is 14.0. The van der Waals surface area contributed by atoms with Gasteiger partial charge in [-0.2, -0.15) is 4.98 Å². The zero-order valence-corrected chi connectivity index (χ0v) is 11.4. The number of aromatic nitrogens is 2. The molecule has 0 aliphatic carbocycles. The van der Waals surface area contributed by atoms with Crippen molar-refractivity contribution in [3.05, 3.63) is 45.6 Å². The fourth-order valence-electron chi connectivity index (χ4n) is 1.57. The van der Waals surface area contributed by atoms with Crippen LogP contribution in [0.2, 0.25) is 5.15 Å². The Kier molecular flexibility index (Phi) is 4.31. The summed E-state index contributed by atoms with van der Waals surface area (Å²) in [5, 5.41) is 16.9. The predicted octanol–water partition coefficient (Wildman–Crippen LogP) is 3.21. The van der Waals surface area contributed by atoms with Crippen molar-refractivity contribution < 1.29 is 4.92 Å². The van der Waals surface area contributed by atoms with Gasteiger partial charge >= 0.3 is 0 Å². The number of non-ortho nitro benzene ring substituents is 1. The summed E-state index contributed by atoms with van der Waals surface area (Å²) in [6, 6.07) is 7.68. The van der Waals surface area contributed by atoms with Crippen molar-refractivity contribution in [1.29, 1.82) is 0 Å². The molecule has 1 aromatic heterocycles. The van der Waals surface area contributed by atoms with Gasteiger partial charge in [0, 0.05) is 30.4 Å². The van der Waals surface area contributed by atoms with Gasteiger partial charge in [0.1, 0.15) is 11.0 Å². The van der Waals surface area contributed by atoms with Gasteiger partial charge in [0.25, 0.3) is 5.69 Å². The lowest BCUT2D eigenvalue weighted by atomic mass is 10.3. The molecule has 20 heavy (non-hydrogen) atoms. The van der Waals surface area contributed by atoms with Crippen molar-refractivity contribution in [2.24, 2.45) is 0 Å². The standard InChI is InChI=1S/C12H12ClN5O2/c1-2-14-11-7-10(13)16-12(17-11)15-8-4-3-5-9(6-8)18(19)20/h3-7H,2H2,1H3,(H2,14,15,16,17). The number of hydrogen-bond donors (Lipinski definition) is 2. The quantitative estimate of drug-likeness (QED) is 0.499. The Morgan fingerprint density at radius 3 is 2.85 bits per heavy atom. The predicted molar refractivity (Wildman–Crippen MR) is 77.6 cm³/mol. The maximum atomic E-state index is 10.7. The molecule has 0 atom stereocenters. The van der Waals surface area contributed by atoms with Crippen molar-refractivity contribution in [3.8, 4) is 0 Å². The minimum Gasteiger partial charge on any atom is -0.370 e. The molecule has 0 bridgehead atoms. The lowest BCUT2D eigenvalue weighted by Crippen LogP contribution is -2.04. The molecule has 2 rings (SSSR count). The molecule has 2 aromatic rings. The number of hydrogen-bond acceptors (Lipinski definition) is 6. The summed E-state index contributed by atoms with van der Waals surface area (Å²) >= 11 is 5.89. The fraction of sp³-hybridized carbons (Fsp3) is 0.167. The zero-order valence-electron chi connectivity index (χ0n) is 10.6. The van der Waals surface area contributed by atoms with Crippen LogP contribution in [-0.2, 0) is 0 Å². The Labute approximate surface area is 120 Å². The van der Waals surface area contributed by atoms with Crippen LogP contribution in [0.15, 0.2) is 30.3 Å². The molecule has 0 saturated heterocycles. The molecule has 104 valence electrons. The van der Waals surface area contributed by atoms with Gasteiger partial charge in [-0.15, -0.1) is 0 Å². The highest BCUT2D eigenvalue weighted by molar-refractivity contribution is 6.29. The molecule has 0 spiro atoms. The van der Waals surface area contributed by atoms with Gasteiger partial charge < -0.3 is 10.6 Å². The van der Waals surface area contributed by atoms with Gasteiger partial charge in [0.15, 0.2) is 0 Å². The first-order chi connectivity index (χ1) is 9.58. The number of anilines is 3. The van der Waals surface area contributed by atoms with Crippen molar-refractivity contribution in [2.75, 3.05) is 17.2 Å². The molecule has 8 heteroatoms. The summed E-state index contributed by atoms with van der Waals surface area (Å²) in [6.07, 6.45) is 0. The lowest BCUT2D eigenvalue weighted by Gasteiger charge is -2.08. The molecule has 7 nitrogen and oxygen atoms in total. The molecule has 0 amide bonds. The molecule has 0 aliphatic rings. The van der Waals surface area contributed by atoms with Gasteiger partial charge in [-0.05, 0) is 13.0 Å². The van der Waals surface area contributed by atoms with Gasteiger partial charge in [-0.3, -0.25) is 10.1 Å². The topological polar surface area (TPSA) is 93.0 Å². The number of nitro groups is 1. The zero-order chi connectivity index (χ0) is 14.5. The first-order valence-corrected chi connectivity index (χ1v) is 6.26. The first-order valence-electron chi connectivity index (χ1n) is 5.88. The molecule has 1 aromatic carbocycles. The van der Waals surface area contributed by atoms with Crippen molar-refractivity contribution in [3.63, 3.8) is 0 Å². The van der Waals surface area contributed by atoms with Crippen LogP contribution in [0.3, 0.4) is 0 Å². The Hall–Kier alpha value is -2.41. The van der Waals surface area contributed by atoms with E-state index < -0.39 is 4.92 Å². The van der Waals surface area contributed by atoms with Crippen molar-refractivity contribution in [1.82, 2.24) is 9.97 Å². The fourth-order valence-corrected chi connectivity index (χ4v) is 1.75. The maximum absolute atomic E-state index is 10.7. The second kappa shape index (κ2) is 6.16. The molecular formula is C12H12ClN5O2. The number of nitro benzene ring substituents is 1. The SMILES string of the molecule is CCNc1cc(Cl)nc(Nc2cccc([N+](=O)[O-])c2)n1. The summed E-state index contributed by atoms with van der Waals surface area (Å²) in [5.41, 5.74) is 0.507. The second-order valence-electron chi connectivity index (χ2n) is 3.86. The van der Waals surface area contributed by atoms with E-state index in [4.69, 9.17) is 11.6 Å². The summed E-state index contributed by atoms with van der Waals surface area (Å²) in [6.45, 7) is 2.63. The third-order valence-corrected chi connectivity index (χ3v) is 2.56. The van der Waals surface area contributed by atoms with Gasteiger partial charge in [-0.25, -0.2) is 4.98 Å². The van der Waals surface area contributed by atoms with E-state index in [1.165, 1.54) is 12.1 Å². The van der Waals surface area contributed by atoms with Crippen LogP contribution in [0.5, 0.6) is 0 Å². The average molecular weight is 294 g/mol. The van der Waals surface area contributed by atoms with Crippen LogP contribution in [0.4, 0.5) is 23.1 Å². The molecule has 0 saturated carbocycles. The largest absolute Gasteiger partial charge is 0.370 e. The summed E-state index contributed by atoms with van der Waals surface area (Å²) in [5.74, 6) is 0.856. The summed E-state index contributed by atoms with van der Waals surface area (Å²) in [4.78, 5) is 18.5. The minimum absolute atomic E-state index is 0.0102. The number of benzene rings is 1. The van der Waals surface area contributed by atoms with E-state index in [9.17, 15) is 10.1 Å². The molecule has 0 radical (unpaired) electrons. The molecule has 0 unspecified atom stereocenters.